The Morgan fingerprint density at radius 3 is 2.33 bits per heavy atom. The molecule has 1 unspecified atom stereocenters. The molecular formula is C17H25NO3. The van der Waals surface area contributed by atoms with Crippen molar-refractivity contribution in [2.75, 3.05) is 7.11 Å². The molecule has 0 aliphatic rings. The van der Waals surface area contributed by atoms with Gasteiger partial charge in [-0.25, -0.2) is 4.79 Å². The van der Waals surface area contributed by atoms with Gasteiger partial charge in [-0.1, -0.05) is 43.7 Å². The average Bonchev–Trinajstić information content (AvgIpc) is 2.44. The fourth-order valence-electron chi connectivity index (χ4n) is 2.11. The molecule has 116 valence electrons. The summed E-state index contributed by atoms with van der Waals surface area (Å²) >= 11 is 0. The van der Waals surface area contributed by atoms with E-state index in [4.69, 9.17) is 4.74 Å². The number of methoxy groups -OCH3 is 1. The van der Waals surface area contributed by atoms with Gasteiger partial charge < -0.3 is 10.1 Å². The number of rotatable bonds is 7. The van der Waals surface area contributed by atoms with Gasteiger partial charge >= 0.3 is 5.97 Å². The van der Waals surface area contributed by atoms with Crippen LogP contribution in [0, 0.1) is 12.8 Å². The second-order valence-electron chi connectivity index (χ2n) is 5.76. The number of amides is 1. The molecule has 0 radical (unpaired) electrons. The fourth-order valence-corrected chi connectivity index (χ4v) is 2.11. The molecule has 0 spiro atoms. The van der Waals surface area contributed by atoms with Crippen LogP contribution in [0.5, 0.6) is 0 Å². The minimum absolute atomic E-state index is 0.119. The van der Waals surface area contributed by atoms with Gasteiger partial charge in [0.25, 0.3) is 0 Å². The molecular weight excluding hydrogens is 266 g/mol. The molecule has 21 heavy (non-hydrogen) atoms. The summed E-state index contributed by atoms with van der Waals surface area (Å²) in [5, 5.41) is 2.77. The molecule has 0 fully saturated rings. The van der Waals surface area contributed by atoms with Gasteiger partial charge in [0.15, 0.2) is 0 Å². The van der Waals surface area contributed by atoms with Crippen LogP contribution in [0.2, 0.25) is 0 Å². The number of carbonyl (C=O) groups excluding carboxylic acids is 2. The molecule has 1 N–H and O–H groups in total. The Hall–Kier alpha value is -1.84. The molecule has 0 saturated heterocycles. The van der Waals surface area contributed by atoms with Gasteiger partial charge in [0.2, 0.25) is 5.91 Å². The van der Waals surface area contributed by atoms with Crippen molar-refractivity contribution in [3.63, 3.8) is 0 Å². The Balaban J connectivity index is 2.49. The quantitative estimate of drug-likeness (QED) is 0.786. The number of hydrogen-bond acceptors (Lipinski definition) is 3. The first kappa shape index (κ1) is 17.2. The number of esters is 1. The van der Waals surface area contributed by atoms with Crippen LogP contribution >= 0.6 is 0 Å². The predicted molar refractivity (Wildman–Crippen MR) is 82.9 cm³/mol. The molecule has 0 aromatic heterocycles. The smallest absolute Gasteiger partial charge is 0.328 e. The summed E-state index contributed by atoms with van der Waals surface area (Å²) in [6.45, 7) is 6.05. The van der Waals surface area contributed by atoms with Crippen molar-refractivity contribution in [1.82, 2.24) is 5.32 Å². The van der Waals surface area contributed by atoms with Crippen molar-refractivity contribution in [3.05, 3.63) is 35.4 Å². The molecule has 1 atom stereocenters. The maximum Gasteiger partial charge on any atom is 0.328 e. The summed E-state index contributed by atoms with van der Waals surface area (Å²) in [5.74, 6) is -0.189. The molecule has 1 rings (SSSR count). The number of benzene rings is 1. The van der Waals surface area contributed by atoms with E-state index in [1.165, 1.54) is 12.7 Å². The minimum Gasteiger partial charge on any atom is -0.467 e. The lowest BCUT2D eigenvalue weighted by molar-refractivity contribution is -0.145. The van der Waals surface area contributed by atoms with E-state index < -0.39 is 6.04 Å². The van der Waals surface area contributed by atoms with Crippen LogP contribution in [0.1, 0.15) is 37.8 Å². The molecule has 0 saturated carbocycles. The molecule has 0 bridgehead atoms. The first-order chi connectivity index (χ1) is 9.92. The highest BCUT2D eigenvalue weighted by atomic mass is 16.5. The maximum absolute atomic E-state index is 12.0. The maximum atomic E-state index is 12.0. The lowest BCUT2D eigenvalue weighted by atomic mass is 10.0. The minimum atomic E-state index is -0.555. The summed E-state index contributed by atoms with van der Waals surface area (Å²) in [4.78, 5) is 23.6. The monoisotopic (exact) mass is 291 g/mol. The zero-order valence-electron chi connectivity index (χ0n) is 13.3. The van der Waals surface area contributed by atoms with Crippen LogP contribution in [-0.2, 0) is 20.7 Å². The summed E-state index contributed by atoms with van der Waals surface area (Å²) in [6, 6.07) is 7.55. The van der Waals surface area contributed by atoms with Crippen molar-refractivity contribution in [3.8, 4) is 0 Å². The van der Waals surface area contributed by atoms with Crippen LogP contribution in [-0.4, -0.2) is 25.0 Å². The zero-order valence-corrected chi connectivity index (χ0v) is 13.3. The van der Waals surface area contributed by atoms with E-state index in [9.17, 15) is 9.59 Å². The van der Waals surface area contributed by atoms with Crippen molar-refractivity contribution in [2.45, 2.75) is 46.1 Å². The Morgan fingerprint density at radius 1 is 1.19 bits per heavy atom. The second-order valence-corrected chi connectivity index (χ2v) is 5.76. The normalized spacial score (nSPS) is 12.0. The van der Waals surface area contributed by atoms with E-state index in [-0.39, 0.29) is 11.9 Å². The lowest BCUT2D eigenvalue weighted by Gasteiger charge is -2.18. The Labute approximate surface area is 126 Å². The second kappa shape index (κ2) is 8.45. The van der Waals surface area contributed by atoms with E-state index in [1.54, 1.807) is 0 Å². The number of carbonyl (C=O) groups is 2. The van der Waals surface area contributed by atoms with Crippen LogP contribution in [0.25, 0.3) is 0 Å². The Bertz CT molecular complexity index is 465. The Morgan fingerprint density at radius 2 is 1.81 bits per heavy atom. The molecule has 4 nitrogen and oxygen atoms in total. The largest absolute Gasteiger partial charge is 0.467 e. The third-order valence-electron chi connectivity index (χ3n) is 3.29. The molecule has 1 aromatic rings. The number of hydrogen-bond donors (Lipinski definition) is 1. The van der Waals surface area contributed by atoms with Gasteiger partial charge in [0.05, 0.1) is 7.11 Å². The van der Waals surface area contributed by atoms with E-state index in [0.29, 0.717) is 25.2 Å². The van der Waals surface area contributed by atoms with Crippen LogP contribution in [0.3, 0.4) is 0 Å². The van der Waals surface area contributed by atoms with E-state index in [1.807, 2.05) is 45.0 Å². The summed E-state index contributed by atoms with van der Waals surface area (Å²) < 4.78 is 4.74. The molecule has 0 heterocycles. The standard InChI is InChI=1S/C17H25NO3/c1-12(2)11-15(17(20)21-4)18-16(19)10-9-14-7-5-13(3)6-8-14/h5-8,12,15H,9-11H2,1-4H3,(H,18,19). The van der Waals surface area contributed by atoms with E-state index in [0.717, 1.165) is 5.56 Å². The molecule has 0 aliphatic heterocycles. The molecule has 1 amide bonds. The topological polar surface area (TPSA) is 55.4 Å². The van der Waals surface area contributed by atoms with Gasteiger partial charge in [0, 0.05) is 6.42 Å². The van der Waals surface area contributed by atoms with Gasteiger partial charge in [-0.05, 0) is 31.2 Å². The SMILES string of the molecule is COC(=O)C(CC(C)C)NC(=O)CCc1ccc(C)cc1. The number of nitrogens with one attached hydrogen (secondary N) is 1. The third-order valence-corrected chi connectivity index (χ3v) is 3.29. The molecule has 1 aromatic carbocycles. The summed E-state index contributed by atoms with van der Waals surface area (Å²) in [6.07, 6.45) is 1.62. The predicted octanol–water partition coefficient (Wildman–Crippen LogP) is 2.63. The van der Waals surface area contributed by atoms with Crippen molar-refractivity contribution >= 4 is 11.9 Å². The van der Waals surface area contributed by atoms with Crippen molar-refractivity contribution < 1.29 is 14.3 Å². The van der Waals surface area contributed by atoms with Crippen molar-refractivity contribution in [2.24, 2.45) is 5.92 Å². The highest BCUT2D eigenvalue weighted by molar-refractivity contribution is 5.84. The fraction of sp³-hybridized carbons (Fsp3) is 0.529. The van der Waals surface area contributed by atoms with Gasteiger partial charge in [-0.15, -0.1) is 0 Å². The van der Waals surface area contributed by atoms with E-state index >= 15 is 0 Å². The van der Waals surface area contributed by atoms with Crippen LogP contribution in [0.4, 0.5) is 0 Å². The van der Waals surface area contributed by atoms with Gasteiger partial charge in [0.1, 0.15) is 6.04 Å². The highest BCUT2D eigenvalue weighted by Gasteiger charge is 2.22. The third kappa shape index (κ3) is 6.43. The van der Waals surface area contributed by atoms with Crippen molar-refractivity contribution in [1.29, 1.82) is 0 Å². The summed E-state index contributed by atoms with van der Waals surface area (Å²) in [5.41, 5.74) is 2.32. The lowest BCUT2D eigenvalue weighted by Crippen LogP contribution is -2.42. The number of aryl methyl sites for hydroxylation is 2. The first-order valence-corrected chi connectivity index (χ1v) is 7.35. The molecule has 4 heteroatoms. The molecule has 0 aliphatic carbocycles. The zero-order chi connectivity index (χ0) is 15.8. The van der Waals surface area contributed by atoms with Gasteiger partial charge in [-0.2, -0.15) is 0 Å². The Kier molecular flexibility index (Phi) is 6.92. The van der Waals surface area contributed by atoms with E-state index in [2.05, 4.69) is 5.32 Å². The first-order valence-electron chi connectivity index (χ1n) is 7.35. The van der Waals surface area contributed by atoms with Gasteiger partial charge in [-0.3, -0.25) is 4.79 Å². The number of ether oxygens (including phenoxy) is 1. The average molecular weight is 291 g/mol. The summed E-state index contributed by atoms with van der Waals surface area (Å²) in [7, 11) is 1.34. The van der Waals surface area contributed by atoms with Crippen LogP contribution in [0.15, 0.2) is 24.3 Å². The van der Waals surface area contributed by atoms with Crippen LogP contribution < -0.4 is 5.32 Å². The highest BCUT2D eigenvalue weighted by Crippen LogP contribution is 2.08.